The van der Waals surface area contributed by atoms with Crippen molar-refractivity contribution >= 4 is 23.9 Å². The molecule has 138 valence electrons. The fourth-order valence-corrected chi connectivity index (χ4v) is 3.14. The Labute approximate surface area is 156 Å². The van der Waals surface area contributed by atoms with Crippen LogP contribution in [0.5, 0.6) is 0 Å². The van der Waals surface area contributed by atoms with Crippen LogP contribution < -0.4 is 9.80 Å². The molecular weight excluding hydrogens is 324 g/mol. The van der Waals surface area contributed by atoms with Gasteiger partial charge in [0.25, 0.3) is 0 Å². The smallest absolute Gasteiger partial charge is 0.150 e. The Balaban J connectivity index is 2.24. The van der Waals surface area contributed by atoms with Crippen molar-refractivity contribution in [2.75, 3.05) is 23.9 Å². The minimum absolute atomic E-state index is 0.186. The quantitative estimate of drug-likeness (QED) is 0.350. The molecule has 0 amide bonds. The van der Waals surface area contributed by atoms with Crippen LogP contribution in [-0.4, -0.2) is 32.8 Å². The highest BCUT2D eigenvalue weighted by atomic mass is 16.1. The van der Waals surface area contributed by atoms with Gasteiger partial charge in [-0.3, -0.25) is 9.59 Å². The number of carbonyl (C=O) groups excluding carboxylic acids is 2. The summed E-state index contributed by atoms with van der Waals surface area (Å²) in [6, 6.07) is 15.3. The summed E-state index contributed by atoms with van der Waals surface area (Å²) in [6.07, 6.45) is 6.48. The van der Waals surface area contributed by atoms with E-state index in [1.807, 2.05) is 48.5 Å². The predicted octanol–water partition coefficient (Wildman–Crippen LogP) is 4.79. The molecule has 0 saturated heterocycles. The predicted molar refractivity (Wildman–Crippen MR) is 108 cm³/mol. The molecule has 0 fully saturated rings. The lowest BCUT2D eigenvalue weighted by Gasteiger charge is -2.38. The summed E-state index contributed by atoms with van der Waals surface area (Å²) in [6.45, 7) is 2.21. The molecule has 2 aromatic carbocycles. The molecule has 4 heteroatoms. The molecule has 2 aromatic rings. The van der Waals surface area contributed by atoms with E-state index in [9.17, 15) is 9.59 Å². The van der Waals surface area contributed by atoms with Crippen molar-refractivity contribution < 1.29 is 9.59 Å². The van der Waals surface area contributed by atoms with Gasteiger partial charge >= 0.3 is 0 Å². The maximum Gasteiger partial charge on any atom is 0.150 e. The molecular formula is C22H28N2O2. The van der Waals surface area contributed by atoms with Crippen LogP contribution in [0.15, 0.2) is 48.5 Å². The third-order valence-electron chi connectivity index (χ3n) is 4.83. The van der Waals surface area contributed by atoms with Gasteiger partial charge in [-0.1, -0.05) is 19.8 Å². The molecule has 0 atom stereocenters. The third-order valence-corrected chi connectivity index (χ3v) is 4.83. The zero-order valence-electron chi connectivity index (χ0n) is 15.9. The van der Waals surface area contributed by atoms with Crippen molar-refractivity contribution in [3.8, 4) is 0 Å². The van der Waals surface area contributed by atoms with Crippen LogP contribution in [-0.2, 0) is 0 Å². The summed E-state index contributed by atoms with van der Waals surface area (Å²) in [7, 11) is 4.17. The Morgan fingerprint density at radius 1 is 0.769 bits per heavy atom. The third kappa shape index (κ3) is 4.94. The number of rotatable bonds is 10. The Bertz CT molecular complexity index is 638. The number of unbranched alkanes of at least 4 members (excludes halogenated alkanes) is 2. The zero-order valence-corrected chi connectivity index (χ0v) is 15.9. The van der Waals surface area contributed by atoms with E-state index in [4.69, 9.17) is 0 Å². The molecule has 0 bridgehead atoms. The molecule has 0 N–H and O–H groups in total. The summed E-state index contributed by atoms with van der Waals surface area (Å²) >= 11 is 0. The minimum atomic E-state index is 0.186. The van der Waals surface area contributed by atoms with Gasteiger partial charge in [-0.25, -0.2) is 0 Å². The number of carbonyl (C=O) groups is 2. The van der Waals surface area contributed by atoms with E-state index in [1.54, 1.807) is 0 Å². The Kier molecular flexibility index (Phi) is 7.39. The highest BCUT2D eigenvalue weighted by molar-refractivity contribution is 5.76. The number of aldehydes is 2. The molecule has 0 aliphatic rings. The monoisotopic (exact) mass is 352 g/mol. The second kappa shape index (κ2) is 9.76. The molecule has 0 unspecified atom stereocenters. The molecule has 0 heterocycles. The van der Waals surface area contributed by atoms with Crippen LogP contribution in [0.1, 0.15) is 53.3 Å². The number of hydrogen-bond acceptors (Lipinski definition) is 4. The standard InChI is InChI=1S/C22H28N2O2/c1-4-5-6-7-22(23(2)20-12-8-18(16-25)9-13-20)24(3)21-14-10-19(17-26)11-15-21/h8-17,22H,4-7H2,1-3H3. The normalized spacial score (nSPS) is 10.6. The highest BCUT2D eigenvalue weighted by Gasteiger charge is 2.20. The van der Waals surface area contributed by atoms with Crippen molar-refractivity contribution in [3.05, 3.63) is 59.7 Å². The number of benzene rings is 2. The average molecular weight is 352 g/mol. The maximum atomic E-state index is 10.9. The highest BCUT2D eigenvalue weighted by Crippen LogP contribution is 2.25. The Hall–Kier alpha value is -2.62. The van der Waals surface area contributed by atoms with Crippen LogP contribution >= 0.6 is 0 Å². The van der Waals surface area contributed by atoms with Crippen LogP contribution in [0.25, 0.3) is 0 Å². The van der Waals surface area contributed by atoms with E-state index in [1.165, 1.54) is 12.8 Å². The Morgan fingerprint density at radius 3 is 1.54 bits per heavy atom. The molecule has 0 spiro atoms. The van der Waals surface area contributed by atoms with Crippen molar-refractivity contribution in [1.82, 2.24) is 0 Å². The topological polar surface area (TPSA) is 40.6 Å². The van der Waals surface area contributed by atoms with Gasteiger partial charge in [0.2, 0.25) is 0 Å². The van der Waals surface area contributed by atoms with Crippen LogP contribution in [0.4, 0.5) is 11.4 Å². The van der Waals surface area contributed by atoms with Crippen molar-refractivity contribution in [3.63, 3.8) is 0 Å². The van der Waals surface area contributed by atoms with E-state index in [0.29, 0.717) is 11.1 Å². The minimum Gasteiger partial charge on any atom is -0.354 e. The molecule has 0 aliphatic heterocycles. The fraction of sp³-hybridized carbons (Fsp3) is 0.364. The van der Waals surface area contributed by atoms with E-state index < -0.39 is 0 Å². The van der Waals surface area contributed by atoms with E-state index in [2.05, 4.69) is 30.8 Å². The summed E-state index contributed by atoms with van der Waals surface area (Å²) < 4.78 is 0. The summed E-state index contributed by atoms with van der Waals surface area (Å²) in [5.41, 5.74) is 3.52. The molecule has 0 aromatic heterocycles. The van der Waals surface area contributed by atoms with Gasteiger partial charge in [-0.05, 0) is 61.4 Å². The number of nitrogens with zero attached hydrogens (tertiary/aromatic N) is 2. The number of anilines is 2. The van der Waals surface area contributed by atoms with Gasteiger partial charge in [0.15, 0.2) is 0 Å². The Morgan fingerprint density at radius 2 is 1.19 bits per heavy atom. The first-order valence-corrected chi connectivity index (χ1v) is 9.16. The lowest BCUT2D eigenvalue weighted by atomic mass is 10.1. The number of hydrogen-bond donors (Lipinski definition) is 0. The summed E-state index contributed by atoms with van der Waals surface area (Å²) in [5.74, 6) is 0. The summed E-state index contributed by atoms with van der Waals surface area (Å²) in [5, 5.41) is 0. The van der Waals surface area contributed by atoms with Crippen LogP contribution in [0.2, 0.25) is 0 Å². The molecule has 26 heavy (non-hydrogen) atoms. The molecule has 0 radical (unpaired) electrons. The SMILES string of the molecule is CCCCCC(N(C)c1ccc(C=O)cc1)N(C)c1ccc(C=O)cc1. The second-order valence-electron chi connectivity index (χ2n) is 6.62. The first kappa shape index (κ1) is 19.7. The van der Waals surface area contributed by atoms with Gasteiger partial charge in [0.05, 0.1) is 0 Å². The first-order chi connectivity index (χ1) is 12.6. The molecule has 4 nitrogen and oxygen atoms in total. The van der Waals surface area contributed by atoms with Gasteiger partial charge < -0.3 is 9.80 Å². The molecule has 2 rings (SSSR count). The second-order valence-corrected chi connectivity index (χ2v) is 6.62. The van der Waals surface area contributed by atoms with Crippen LogP contribution in [0.3, 0.4) is 0 Å². The largest absolute Gasteiger partial charge is 0.354 e. The van der Waals surface area contributed by atoms with Gasteiger partial charge in [-0.15, -0.1) is 0 Å². The van der Waals surface area contributed by atoms with Crippen molar-refractivity contribution in [2.24, 2.45) is 0 Å². The fourth-order valence-electron chi connectivity index (χ4n) is 3.14. The van der Waals surface area contributed by atoms with Crippen LogP contribution in [0, 0.1) is 0 Å². The average Bonchev–Trinajstić information content (AvgIpc) is 2.70. The van der Waals surface area contributed by atoms with E-state index >= 15 is 0 Å². The van der Waals surface area contributed by atoms with Crippen molar-refractivity contribution in [2.45, 2.75) is 38.8 Å². The van der Waals surface area contributed by atoms with Gasteiger partial charge in [0.1, 0.15) is 18.7 Å². The molecule has 0 aliphatic carbocycles. The summed E-state index contributed by atoms with van der Waals surface area (Å²) in [4.78, 5) is 26.3. The zero-order chi connectivity index (χ0) is 18.9. The lowest BCUT2D eigenvalue weighted by molar-refractivity contribution is 0.111. The maximum absolute atomic E-state index is 10.9. The van der Waals surface area contributed by atoms with Gasteiger partial charge in [-0.2, -0.15) is 0 Å². The lowest BCUT2D eigenvalue weighted by Crippen LogP contribution is -2.45. The molecule has 0 saturated carbocycles. The first-order valence-electron chi connectivity index (χ1n) is 9.16. The van der Waals surface area contributed by atoms with Crippen molar-refractivity contribution in [1.29, 1.82) is 0 Å². The van der Waals surface area contributed by atoms with E-state index in [0.717, 1.165) is 36.8 Å². The van der Waals surface area contributed by atoms with Gasteiger partial charge in [0, 0.05) is 36.6 Å². The van der Waals surface area contributed by atoms with E-state index in [-0.39, 0.29) is 6.17 Å².